The average Bonchev–Trinajstić information content (AvgIpc) is 2.74. The Morgan fingerprint density at radius 2 is 2.00 bits per heavy atom. The van der Waals surface area contributed by atoms with Crippen molar-refractivity contribution >= 4 is 11.3 Å². The summed E-state index contributed by atoms with van der Waals surface area (Å²) in [5.74, 6) is 0. The predicted octanol–water partition coefficient (Wildman–Crippen LogP) is 3.48. The smallest absolute Gasteiger partial charge is 0.125 e. The van der Waals surface area contributed by atoms with Crippen molar-refractivity contribution in [3.63, 3.8) is 0 Å². The van der Waals surface area contributed by atoms with Gasteiger partial charge in [0.2, 0.25) is 0 Å². The number of rotatable bonds is 8. The molecule has 0 saturated heterocycles. The first-order chi connectivity index (χ1) is 8.55. The van der Waals surface area contributed by atoms with Crippen molar-refractivity contribution < 1.29 is 4.74 Å². The Hall–Kier alpha value is -0.450. The zero-order valence-electron chi connectivity index (χ0n) is 12.3. The second kappa shape index (κ2) is 7.22. The number of nitrogens with zero attached hydrogens (tertiary/aromatic N) is 1. The molecule has 0 atom stereocenters. The molecule has 0 aromatic carbocycles. The standard InChI is InChI=1S/C14H26N2OS/c1-6-8-11-12(10-15-9-7-2)18-13(16-11)14(3,4)17-5/h15H,6-10H2,1-5H3. The van der Waals surface area contributed by atoms with Crippen molar-refractivity contribution in [2.24, 2.45) is 0 Å². The fourth-order valence-corrected chi connectivity index (χ4v) is 2.84. The molecule has 3 nitrogen and oxygen atoms in total. The van der Waals surface area contributed by atoms with E-state index in [-0.39, 0.29) is 5.60 Å². The molecule has 0 unspecified atom stereocenters. The molecule has 0 amide bonds. The Morgan fingerprint density at radius 1 is 1.28 bits per heavy atom. The van der Waals surface area contributed by atoms with Crippen molar-refractivity contribution in [2.75, 3.05) is 13.7 Å². The Morgan fingerprint density at radius 3 is 2.56 bits per heavy atom. The SMILES string of the molecule is CCCNCc1sc(C(C)(C)OC)nc1CCC. The van der Waals surface area contributed by atoms with E-state index in [0.29, 0.717) is 0 Å². The third kappa shape index (κ3) is 4.04. The van der Waals surface area contributed by atoms with Crippen LogP contribution in [0.5, 0.6) is 0 Å². The normalized spacial score (nSPS) is 12.1. The van der Waals surface area contributed by atoms with Gasteiger partial charge < -0.3 is 10.1 Å². The van der Waals surface area contributed by atoms with Crippen molar-refractivity contribution in [2.45, 2.75) is 59.1 Å². The Balaban J connectivity index is 2.86. The molecule has 0 radical (unpaired) electrons. The Kier molecular flexibility index (Phi) is 6.26. The molecule has 1 aromatic heterocycles. The molecule has 1 N–H and O–H groups in total. The van der Waals surface area contributed by atoms with Gasteiger partial charge >= 0.3 is 0 Å². The van der Waals surface area contributed by atoms with Gasteiger partial charge in [0.05, 0.1) is 5.69 Å². The maximum absolute atomic E-state index is 5.52. The highest BCUT2D eigenvalue weighted by atomic mass is 32.1. The first-order valence-corrected chi connectivity index (χ1v) is 7.61. The molecule has 18 heavy (non-hydrogen) atoms. The van der Waals surface area contributed by atoms with Crippen LogP contribution >= 0.6 is 11.3 Å². The van der Waals surface area contributed by atoms with Gasteiger partial charge in [-0.15, -0.1) is 11.3 Å². The molecule has 0 aliphatic rings. The van der Waals surface area contributed by atoms with Gasteiger partial charge in [-0.05, 0) is 33.2 Å². The van der Waals surface area contributed by atoms with Crippen LogP contribution in [0.2, 0.25) is 0 Å². The van der Waals surface area contributed by atoms with E-state index in [4.69, 9.17) is 9.72 Å². The molecular formula is C14H26N2OS. The number of aromatic nitrogens is 1. The summed E-state index contributed by atoms with van der Waals surface area (Å²) in [4.78, 5) is 6.14. The lowest BCUT2D eigenvalue weighted by molar-refractivity contribution is 0.0189. The fraction of sp³-hybridized carbons (Fsp3) is 0.786. The minimum Gasteiger partial charge on any atom is -0.372 e. The summed E-state index contributed by atoms with van der Waals surface area (Å²) in [6, 6.07) is 0. The lowest BCUT2D eigenvalue weighted by Gasteiger charge is -2.19. The number of hydrogen-bond donors (Lipinski definition) is 1. The quantitative estimate of drug-likeness (QED) is 0.734. The van der Waals surface area contributed by atoms with Gasteiger partial charge in [0.25, 0.3) is 0 Å². The Bertz CT molecular complexity index is 361. The van der Waals surface area contributed by atoms with E-state index in [1.807, 2.05) is 0 Å². The first-order valence-electron chi connectivity index (χ1n) is 6.80. The van der Waals surface area contributed by atoms with Crippen molar-refractivity contribution in [1.29, 1.82) is 0 Å². The number of thiazole rings is 1. The van der Waals surface area contributed by atoms with E-state index in [0.717, 1.165) is 30.9 Å². The van der Waals surface area contributed by atoms with Crippen LogP contribution in [0.15, 0.2) is 0 Å². The maximum Gasteiger partial charge on any atom is 0.125 e. The van der Waals surface area contributed by atoms with Crippen molar-refractivity contribution in [3.05, 3.63) is 15.6 Å². The van der Waals surface area contributed by atoms with Crippen molar-refractivity contribution in [3.8, 4) is 0 Å². The second-order valence-electron chi connectivity index (χ2n) is 5.03. The van der Waals surface area contributed by atoms with Gasteiger partial charge in [-0.3, -0.25) is 0 Å². The van der Waals surface area contributed by atoms with Gasteiger partial charge in [0.1, 0.15) is 10.6 Å². The van der Waals surface area contributed by atoms with Gasteiger partial charge in [0.15, 0.2) is 0 Å². The highest BCUT2D eigenvalue weighted by Gasteiger charge is 2.25. The molecule has 0 spiro atoms. The molecular weight excluding hydrogens is 244 g/mol. The topological polar surface area (TPSA) is 34.1 Å². The predicted molar refractivity (Wildman–Crippen MR) is 78.1 cm³/mol. The molecule has 0 aliphatic carbocycles. The minimum atomic E-state index is -0.282. The van der Waals surface area contributed by atoms with E-state index in [9.17, 15) is 0 Å². The molecule has 0 saturated carbocycles. The van der Waals surface area contributed by atoms with E-state index in [2.05, 4.69) is 33.0 Å². The maximum atomic E-state index is 5.52. The molecule has 0 fully saturated rings. The summed E-state index contributed by atoms with van der Waals surface area (Å²) in [6.45, 7) is 10.5. The monoisotopic (exact) mass is 270 g/mol. The summed E-state index contributed by atoms with van der Waals surface area (Å²) in [6.07, 6.45) is 3.36. The highest BCUT2D eigenvalue weighted by Crippen LogP contribution is 2.30. The Labute approximate surface area is 115 Å². The average molecular weight is 270 g/mol. The largest absolute Gasteiger partial charge is 0.372 e. The van der Waals surface area contributed by atoms with Crippen LogP contribution in [0.1, 0.15) is 56.1 Å². The number of nitrogens with one attached hydrogen (secondary N) is 1. The van der Waals surface area contributed by atoms with Crippen LogP contribution in [0.3, 0.4) is 0 Å². The number of aryl methyl sites for hydroxylation is 1. The molecule has 0 aliphatic heterocycles. The van der Waals surface area contributed by atoms with Crippen LogP contribution in [0, 0.1) is 0 Å². The summed E-state index contributed by atoms with van der Waals surface area (Å²) < 4.78 is 5.52. The van der Waals surface area contributed by atoms with E-state index in [1.165, 1.54) is 17.0 Å². The van der Waals surface area contributed by atoms with Gasteiger partial charge in [-0.2, -0.15) is 0 Å². The fourth-order valence-electron chi connectivity index (χ4n) is 1.68. The zero-order chi connectivity index (χ0) is 13.6. The first kappa shape index (κ1) is 15.6. The lowest BCUT2D eigenvalue weighted by atomic mass is 10.1. The van der Waals surface area contributed by atoms with E-state index in [1.54, 1.807) is 18.4 Å². The van der Waals surface area contributed by atoms with Crippen LogP contribution in [0.4, 0.5) is 0 Å². The molecule has 1 aromatic rings. The molecule has 0 bridgehead atoms. The summed E-state index contributed by atoms with van der Waals surface area (Å²) in [5.41, 5.74) is 0.960. The summed E-state index contributed by atoms with van der Waals surface area (Å²) in [7, 11) is 1.75. The van der Waals surface area contributed by atoms with Crippen molar-refractivity contribution in [1.82, 2.24) is 10.3 Å². The lowest BCUT2D eigenvalue weighted by Crippen LogP contribution is -2.19. The van der Waals surface area contributed by atoms with Crippen LogP contribution < -0.4 is 5.32 Å². The van der Waals surface area contributed by atoms with Gasteiger partial charge in [-0.1, -0.05) is 20.3 Å². The van der Waals surface area contributed by atoms with E-state index >= 15 is 0 Å². The molecule has 4 heteroatoms. The number of hydrogen-bond acceptors (Lipinski definition) is 4. The summed E-state index contributed by atoms with van der Waals surface area (Å²) >= 11 is 1.78. The van der Waals surface area contributed by atoms with Crippen LogP contribution in [0.25, 0.3) is 0 Å². The third-order valence-electron chi connectivity index (χ3n) is 3.00. The molecule has 104 valence electrons. The third-order valence-corrected chi connectivity index (χ3v) is 4.41. The van der Waals surface area contributed by atoms with Gasteiger partial charge in [-0.25, -0.2) is 4.98 Å². The molecule has 1 heterocycles. The van der Waals surface area contributed by atoms with E-state index < -0.39 is 0 Å². The number of methoxy groups -OCH3 is 1. The number of ether oxygens (including phenoxy) is 1. The minimum absolute atomic E-state index is 0.282. The van der Waals surface area contributed by atoms with Gasteiger partial charge in [0, 0.05) is 18.5 Å². The zero-order valence-corrected chi connectivity index (χ0v) is 13.1. The van der Waals surface area contributed by atoms with Crippen LogP contribution in [-0.2, 0) is 23.3 Å². The second-order valence-corrected chi connectivity index (χ2v) is 6.11. The summed E-state index contributed by atoms with van der Waals surface area (Å²) in [5, 5.41) is 4.55. The highest BCUT2D eigenvalue weighted by molar-refractivity contribution is 7.11. The van der Waals surface area contributed by atoms with Crippen LogP contribution in [-0.4, -0.2) is 18.6 Å². The molecule has 1 rings (SSSR count).